The molecule has 0 atom stereocenters. The summed E-state index contributed by atoms with van der Waals surface area (Å²) in [5.74, 6) is 0. The first-order valence-electron chi connectivity index (χ1n) is 7.50. The summed E-state index contributed by atoms with van der Waals surface area (Å²) in [6, 6.07) is 12.9. The molecule has 3 rings (SSSR count). The van der Waals surface area contributed by atoms with Crippen molar-refractivity contribution in [3.63, 3.8) is 0 Å². The maximum Gasteiger partial charge on any atom is 0.0967 e. The van der Waals surface area contributed by atoms with Crippen LogP contribution in [0, 0.1) is 0 Å². The molecule has 0 radical (unpaired) electrons. The standard InChI is InChI=1S/C18H20N2/c1-3-5-15-11-9-13-7-8-14-10-12-16(6-4-2)20-18(14)17(13)19-15/h7-12H,3-6H2,1-2H3. The molecule has 1 aromatic carbocycles. The van der Waals surface area contributed by atoms with E-state index in [2.05, 4.69) is 50.2 Å². The van der Waals surface area contributed by atoms with Crippen molar-refractivity contribution >= 4 is 21.8 Å². The zero-order valence-corrected chi connectivity index (χ0v) is 12.2. The molecule has 0 aliphatic rings. The summed E-state index contributed by atoms with van der Waals surface area (Å²) in [7, 11) is 0. The molecule has 2 aromatic heterocycles. The van der Waals surface area contributed by atoms with E-state index in [4.69, 9.17) is 9.97 Å². The van der Waals surface area contributed by atoms with Gasteiger partial charge in [0.1, 0.15) is 0 Å². The van der Waals surface area contributed by atoms with E-state index in [1.165, 1.54) is 10.8 Å². The van der Waals surface area contributed by atoms with Crippen molar-refractivity contribution in [3.8, 4) is 0 Å². The molecule has 0 unspecified atom stereocenters. The molecule has 20 heavy (non-hydrogen) atoms. The van der Waals surface area contributed by atoms with Gasteiger partial charge in [0.05, 0.1) is 11.0 Å². The van der Waals surface area contributed by atoms with Crippen LogP contribution in [0.15, 0.2) is 36.4 Å². The van der Waals surface area contributed by atoms with Gasteiger partial charge in [-0.05, 0) is 25.0 Å². The van der Waals surface area contributed by atoms with E-state index in [0.717, 1.165) is 48.1 Å². The Kier molecular flexibility index (Phi) is 3.64. The predicted octanol–water partition coefficient (Wildman–Crippen LogP) is 4.69. The first kappa shape index (κ1) is 13.0. The number of hydrogen-bond acceptors (Lipinski definition) is 2. The largest absolute Gasteiger partial charge is 0.251 e. The lowest BCUT2D eigenvalue weighted by atomic mass is 10.1. The highest BCUT2D eigenvalue weighted by Crippen LogP contribution is 2.23. The highest BCUT2D eigenvalue weighted by molar-refractivity contribution is 6.02. The minimum atomic E-state index is 1.03. The molecule has 2 heteroatoms. The predicted molar refractivity (Wildman–Crippen MR) is 85.0 cm³/mol. The molecule has 2 nitrogen and oxygen atoms in total. The molecule has 0 bridgehead atoms. The van der Waals surface area contributed by atoms with Gasteiger partial charge >= 0.3 is 0 Å². The van der Waals surface area contributed by atoms with Gasteiger partial charge in [-0.2, -0.15) is 0 Å². The van der Waals surface area contributed by atoms with Gasteiger partial charge in [-0.15, -0.1) is 0 Å². The van der Waals surface area contributed by atoms with Crippen LogP contribution in [-0.4, -0.2) is 9.97 Å². The van der Waals surface area contributed by atoms with Gasteiger partial charge in [0.15, 0.2) is 0 Å². The van der Waals surface area contributed by atoms with Crippen LogP contribution in [0.1, 0.15) is 38.1 Å². The average molecular weight is 264 g/mol. The summed E-state index contributed by atoms with van der Waals surface area (Å²) in [5, 5.41) is 2.36. The van der Waals surface area contributed by atoms with Crippen molar-refractivity contribution in [2.24, 2.45) is 0 Å². The van der Waals surface area contributed by atoms with Crippen LogP contribution in [0.3, 0.4) is 0 Å². The molecular weight excluding hydrogens is 244 g/mol. The monoisotopic (exact) mass is 264 g/mol. The van der Waals surface area contributed by atoms with Crippen LogP contribution in [0.2, 0.25) is 0 Å². The van der Waals surface area contributed by atoms with Gasteiger partial charge < -0.3 is 0 Å². The fraction of sp³-hybridized carbons (Fsp3) is 0.333. The first-order valence-corrected chi connectivity index (χ1v) is 7.50. The molecule has 0 saturated heterocycles. The molecule has 2 heterocycles. The Bertz CT molecular complexity index is 682. The highest BCUT2D eigenvalue weighted by Gasteiger charge is 2.06. The topological polar surface area (TPSA) is 25.8 Å². The Labute approximate surface area is 119 Å². The van der Waals surface area contributed by atoms with Gasteiger partial charge in [0.2, 0.25) is 0 Å². The van der Waals surface area contributed by atoms with Crippen LogP contribution in [0.25, 0.3) is 21.8 Å². The number of rotatable bonds is 4. The number of aryl methyl sites for hydroxylation is 2. The molecule has 0 fully saturated rings. The minimum Gasteiger partial charge on any atom is -0.251 e. The average Bonchev–Trinajstić information content (AvgIpc) is 2.48. The highest BCUT2D eigenvalue weighted by atomic mass is 14.8. The number of fused-ring (bicyclic) bond motifs is 3. The van der Waals surface area contributed by atoms with E-state index in [0.29, 0.717) is 0 Å². The van der Waals surface area contributed by atoms with Crippen molar-refractivity contribution in [3.05, 3.63) is 47.8 Å². The number of nitrogens with zero attached hydrogens (tertiary/aromatic N) is 2. The molecule has 0 aliphatic carbocycles. The van der Waals surface area contributed by atoms with E-state index in [1.54, 1.807) is 0 Å². The lowest BCUT2D eigenvalue weighted by Crippen LogP contribution is -1.94. The van der Waals surface area contributed by atoms with Gasteiger partial charge in [0, 0.05) is 22.2 Å². The van der Waals surface area contributed by atoms with Crippen molar-refractivity contribution in [1.82, 2.24) is 9.97 Å². The Morgan fingerprint density at radius 2 is 1.05 bits per heavy atom. The zero-order valence-electron chi connectivity index (χ0n) is 12.2. The summed E-state index contributed by atoms with van der Waals surface area (Å²) in [6.45, 7) is 4.37. The molecule has 0 saturated carbocycles. The third-order valence-corrected chi connectivity index (χ3v) is 3.65. The van der Waals surface area contributed by atoms with Crippen LogP contribution in [0.5, 0.6) is 0 Å². The maximum absolute atomic E-state index is 4.83. The number of pyridine rings is 2. The number of benzene rings is 1. The first-order chi connectivity index (χ1) is 9.81. The molecule has 0 amide bonds. The third-order valence-electron chi connectivity index (χ3n) is 3.65. The number of hydrogen-bond donors (Lipinski definition) is 0. The third kappa shape index (κ3) is 2.38. The maximum atomic E-state index is 4.83. The van der Waals surface area contributed by atoms with E-state index >= 15 is 0 Å². The summed E-state index contributed by atoms with van der Waals surface area (Å²) in [5.41, 5.74) is 4.42. The van der Waals surface area contributed by atoms with Crippen LogP contribution >= 0.6 is 0 Å². The quantitative estimate of drug-likeness (QED) is 0.639. The molecule has 0 spiro atoms. The SMILES string of the molecule is CCCc1ccc2ccc3ccc(CCC)nc3c2n1. The van der Waals surface area contributed by atoms with Crippen LogP contribution < -0.4 is 0 Å². The van der Waals surface area contributed by atoms with Gasteiger partial charge in [-0.3, -0.25) is 9.97 Å². The molecule has 102 valence electrons. The summed E-state index contributed by atoms with van der Waals surface area (Å²) < 4.78 is 0. The minimum absolute atomic E-state index is 1.03. The smallest absolute Gasteiger partial charge is 0.0967 e. The second-order valence-electron chi connectivity index (χ2n) is 5.31. The zero-order chi connectivity index (χ0) is 13.9. The lowest BCUT2D eigenvalue weighted by Gasteiger charge is -2.07. The Balaban J connectivity index is 2.24. The molecular formula is C18H20N2. The van der Waals surface area contributed by atoms with Gasteiger partial charge in [-0.1, -0.05) is 51.0 Å². The Morgan fingerprint density at radius 1 is 0.650 bits per heavy atom. The van der Waals surface area contributed by atoms with E-state index in [1.807, 2.05) is 0 Å². The molecule has 0 N–H and O–H groups in total. The van der Waals surface area contributed by atoms with Crippen molar-refractivity contribution in [2.45, 2.75) is 39.5 Å². The summed E-state index contributed by atoms with van der Waals surface area (Å²) in [6.07, 6.45) is 4.30. The second kappa shape index (κ2) is 5.58. The van der Waals surface area contributed by atoms with Crippen LogP contribution in [-0.2, 0) is 12.8 Å². The van der Waals surface area contributed by atoms with E-state index < -0.39 is 0 Å². The Morgan fingerprint density at radius 3 is 1.45 bits per heavy atom. The van der Waals surface area contributed by atoms with E-state index in [9.17, 15) is 0 Å². The van der Waals surface area contributed by atoms with Gasteiger partial charge in [0.25, 0.3) is 0 Å². The molecule has 3 aromatic rings. The van der Waals surface area contributed by atoms with Crippen molar-refractivity contribution < 1.29 is 0 Å². The van der Waals surface area contributed by atoms with Gasteiger partial charge in [-0.25, -0.2) is 0 Å². The molecule has 0 aliphatic heterocycles. The second-order valence-corrected chi connectivity index (χ2v) is 5.31. The fourth-order valence-corrected chi connectivity index (χ4v) is 2.64. The fourth-order valence-electron chi connectivity index (χ4n) is 2.64. The van der Waals surface area contributed by atoms with E-state index in [-0.39, 0.29) is 0 Å². The summed E-state index contributed by atoms with van der Waals surface area (Å²) >= 11 is 0. The Hall–Kier alpha value is -1.96. The van der Waals surface area contributed by atoms with Crippen molar-refractivity contribution in [2.75, 3.05) is 0 Å². The normalized spacial score (nSPS) is 11.3. The number of aromatic nitrogens is 2. The summed E-state index contributed by atoms with van der Waals surface area (Å²) in [4.78, 5) is 9.66. The van der Waals surface area contributed by atoms with Crippen molar-refractivity contribution in [1.29, 1.82) is 0 Å². The van der Waals surface area contributed by atoms with Crippen LogP contribution in [0.4, 0.5) is 0 Å². The lowest BCUT2D eigenvalue weighted by molar-refractivity contribution is 0.886.